The van der Waals surface area contributed by atoms with E-state index in [0.717, 1.165) is 19.5 Å². The Kier molecular flexibility index (Phi) is 2.06. The molecule has 0 aromatic heterocycles. The topological polar surface area (TPSA) is 40.5 Å². The molecule has 1 unspecified atom stereocenters. The summed E-state index contributed by atoms with van der Waals surface area (Å²) in [5.41, 5.74) is -0.477. The Labute approximate surface area is 78.7 Å². The molecule has 0 spiro atoms. The van der Waals surface area contributed by atoms with Gasteiger partial charge in [-0.15, -0.1) is 0 Å². The summed E-state index contributed by atoms with van der Waals surface area (Å²) in [7, 11) is 0. The molecule has 1 saturated carbocycles. The summed E-state index contributed by atoms with van der Waals surface area (Å²) in [4.78, 5) is 13.3. The van der Waals surface area contributed by atoms with Crippen LogP contribution < -0.4 is 0 Å². The number of likely N-dealkylation sites (tertiary alicyclic amines) is 1. The molecule has 3 nitrogen and oxygen atoms in total. The van der Waals surface area contributed by atoms with Crippen LogP contribution in [-0.4, -0.2) is 35.1 Å². The lowest BCUT2D eigenvalue weighted by atomic mass is 9.89. The van der Waals surface area contributed by atoms with Crippen LogP contribution in [-0.2, 0) is 4.79 Å². The average molecular weight is 183 g/mol. The van der Waals surface area contributed by atoms with E-state index >= 15 is 0 Å². The summed E-state index contributed by atoms with van der Waals surface area (Å²) in [5.74, 6) is -0.630. The zero-order valence-electron chi connectivity index (χ0n) is 8.12. The number of carboxylic acid groups (broad SMARTS) is 1. The van der Waals surface area contributed by atoms with Crippen molar-refractivity contribution in [3.05, 3.63) is 0 Å². The number of carboxylic acids is 1. The highest BCUT2D eigenvalue weighted by Gasteiger charge is 2.43. The van der Waals surface area contributed by atoms with Crippen LogP contribution in [0.5, 0.6) is 0 Å². The van der Waals surface area contributed by atoms with Crippen LogP contribution >= 0.6 is 0 Å². The summed E-state index contributed by atoms with van der Waals surface area (Å²) in [6, 6.07) is 0.696. The second-order valence-corrected chi connectivity index (χ2v) is 4.67. The quantitative estimate of drug-likeness (QED) is 0.702. The maximum absolute atomic E-state index is 11.0. The van der Waals surface area contributed by atoms with Gasteiger partial charge in [-0.05, 0) is 32.7 Å². The number of rotatable bonds is 2. The van der Waals surface area contributed by atoms with E-state index in [9.17, 15) is 4.79 Å². The monoisotopic (exact) mass is 183 g/mol. The maximum atomic E-state index is 11.0. The van der Waals surface area contributed by atoms with Gasteiger partial charge in [0.15, 0.2) is 0 Å². The van der Waals surface area contributed by atoms with Crippen molar-refractivity contribution < 1.29 is 9.90 Å². The van der Waals surface area contributed by atoms with Crippen LogP contribution in [0, 0.1) is 5.41 Å². The largest absolute Gasteiger partial charge is 0.481 e. The number of carbonyl (C=O) groups is 1. The molecule has 2 rings (SSSR count). The Morgan fingerprint density at radius 2 is 2.23 bits per heavy atom. The zero-order valence-corrected chi connectivity index (χ0v) is 8.12. The van der Waals surface area contributed by atoms with Gasteiger partial charge in [0.25, 0.3) is 0 Å². The molecular weight excluding hydrogens is 166 g/mol. The first-order valence-corrected chi connectivity index (χ1v) is 5.09. The van der Waals surface area contributed by atoms with Gasteiger partial charge in [0.1, 0.15) is 0 Å². The van der Waals surface area contributed by atoms with Gasteiger partial charge >= 0.3 is 5.97 Å². The molecule has 0 bridgehead atoms. The Bertz CT molecular complexity index is 225. The fraction of sp³-hybridized carbons (Fsp3) is 0.900. The van der Waals surface area contributed by atoms with E-state index in [4.69, 9.17) is 5.11 Å². The molecule has 1 heterocycles. The predicted molar refractivity (Wildman–Crippen MR) is 49.6 cm³/mol. The van der Waals surface area contributed by atoms with Crippen molar-refractivity contribution in [2.75, 3.05) is 13.1 Å². The van der Waals surface area contributed by atoms with Gasteiger partial charge in [-0.1, -0.05) is 6.42 Å². The van der Waals surface area contributed by atoms with Crippen molar-refractivity contribution in [3.63, 3.8) is 0 Å². The summed E-state index contributed by atoms with van der Waals surface area (Å²) in [6.07, 6.45) is 4.69. The highest BCUT2D eigenvalue weighted by Crippen LogP contribution is 2.35. The maximum Gasteiger partial charge on any atom is 0.310 e. The Morgan fingerprint density at radius 1 is 1.54 bits per heavy atom. The lowest BCUT2D eigenvalue weighted by Gasteiger charge is -2.35. The van der Waals surface area contributed by atoms with Crippen LogP contribution in [0.3, 0.4) is 0 Å². The Hall–Kier alpha value is -0.570. The van der Waals surface area contributed by atoms with Gasteiger partial charge in [0.05, 0.1) is 5.41 Å². The summed E-state index contributed by atoms with van der Waals surface area (Å²) >= 11 is 0. The van der Waals surface area contributed by atoms with Crippen molar-refractivity contribution in [1.29, 1.82) is 0 Å². The van der Waals surface area contributed by atoms with E-state index in [-0.39, 0.29) is 0 Å². The fourth-order valence-electron chi connectivity index (χ4n) is 2.23. The Morgan fingerprint density at radius 3 is 2.62 bits per heavy atom. The molecule has 1 N–H and O–H groups in total. The molecule has 0 aromatic carbocycles. The van der Waals surface area contributed by atoms with Crippen molar-refractivity contribution in [2.24, 2.45) is 5.41 Å². The van der Waals surface area contributed by atoms with Crippen molar-refractivity contribution in [3.8, 4) is 0 Å². The third-order valence-electron chi connectivity index (χ3n) is 3.61. The molecule has 1 aliphatic heterocycles. The molecule has 0 radical (unpaired) electrons. The second kappa shape index (κ2) is 2.98. The molecule has 1 aliphatic carbocycles. The van der Waals surface area contributed by atoms with E-state index < -0.39 is 11.4 Å². The zero-order chi connectivity index (χ0) is 9.47. The number of hydrogen-bond donors (Lipinski definition) is 1. The fourth-order valence-corrected chi connectivity index (χ4v) is 2.23. The van der Waals surface area contributed by atoms with E-state index in [1.165, 1.54) is 19.3 Å². The third kappa shape index (κ3) is 1.46. The summed E-state index contributed by atoms with van der Waals surface area (Å²) in [5, 5.41) is 9.04. The predicted octanol–water partition coefficient (Wildman–Crippen LogP) is 1.34. The van der Waals surface area contributed by atoms with Gasteiger partial charge in [-0.2, -0.15) is 0 Å². The molecule has 13 heavy (non-hydrogen) atoms. The van der Waals surface area contributed by atoms with Crippen molar-refractivity contribution in [1.82, 2.24) is 4.90 Å². The van der Waals surface area contributed by atoms with E-state index in [0.29, 0.717) is 6.04 Å². The van der Waals surface area contributed by atoms with Gasteiger partial charge in [0.2, 0.25) is 0 Å². The van der Waals surface area contributed by atoms with E-state index in [1.54, 1.807) is 0 Å². The standard InChI is InChI=1S/C10H17NO2/c1-10(9(12)13)5-6-11(7-10)8-3-2-4-8/h8H,2-7H2,1H3,(H,12,13). The molecule has 0 aromatic rings. The van der Waals surface area contributed by atoms with E-state index in [2.05, 4.69) is 4.90 Å². The number of aliphatic carboxylic acids is 1. The van der Waals surface area contributed by atoms with Gasteiger partial charge < -0.3 is 5.11 Å². The smallest absolute Gasteiger partial charge is 0.310 e. The molecule has 1 saturated heterocycles. The lowest BCUT2D eigenvalue weighted by molar-refractivity contribution is -0.147. The van der Waals surface area contributed by atoms with Crippen LogP contribution in [0.15, 0.2) is 0 Å². The Balaban J connectivity index is 1.96. The average Bonchev–Trinajstić information content (AvgIpc) is 2.30. The first kappa shape index (κ1) is 9.00. The van der Waals surface area contributed by atoms with Crippen molar-refractivity contribution in [2.45, 2.75) is 38.6 Å². The van der Waals surface area contributed by atoms with E-state index in [1.807, 2.05) is 6.92 Å². The first-order valence-electron chi connectivity index (χ1n) is 5.09. The summed E-state index contributed by atoms with van der Waals surface area (Å²) in [6.45, 7) is 3.61. The van der Waals surface area contributed by atoms with Gasteiger partial charge in [-0.25, -0.2) is 0 Å². The van der Waals surface area contributed by atoms with Crippen molar-refractivity contribution >= 4 is 5.97 Å². The lowest BCUT2D eigenvalue weighted by Crippen LogP contribution is -2.41. The molecular formula is C10H17NO2. The highest BCUT2D eigenvalue weighted by molar-refractivity contribution is 5.74. The third-order valence-corrected chi connectivity index (χ3v) is 3.61. The van der Waals surface area contributed by atoms with Gasteiger partial charge in [-0.3, -0.25) is 9.69 Å². The molecule has 74 valence electrons. The highest BCUT2D eigenvalue weighted by atomic mass is 16.4. The number of hydrogen-bond acceptors (Lipinski definition) is 2. The second-order valence-electron chi connectivity index (χ2n) is 4.67. The molecule has 2 aliphatic rings. The molecule has 3 heteroatoms. The number of nitrogens with zero attached hydrogens (tertiary/aromatic N) is 1. The minimum absolute atomic E-state index is 0.477. The molecule has 0 amide bonds. The molecule has 1 atom stereocenters. The van der Waals surface area contributed by atoms with Gasteiger partial charge in [0, 0.05) is 12.6 Å². The van der Waals surface area contributed by atoms with Crippen LogP contribution in [0.25, 0.3) is 0 Å². The van der Waals surface area contributed by atoms with Crippen LogP contribution in [0.2, 0.25) is 0 Å². The minimum Gasteiger partial charge on any atom is -0.481 e. The normalized spacial score (nSPS) is 36.1. The van der Waals surface area contributed by atoms with Crippen LogP contribution in [0.1, 0.15) is 32.6 Å². The van der Waals surface area contributed by atoms with Crippen LogP contribution in [0.4, 0.5) is 0 Å². The first-order chi connectivity index (χ1) is 6.12. The summed E-state index contributed by atoms with van der Waals surface area (Å²) < 4.78 is 0. The molecule has 2 fully saturated rings. The SMILES string of the molecule is CC1(C(=O)O)CCN(C2CCC2)C1. The minimum atomic E-state index is -0.630.